The molecule has 0 bridgehead atoms. The van der Waals surface area contributed by atoms with Crippen molar-refractivity contribution in [2.75, 3.05) is 5.73 Å². The quantitative estimate of drug-likeness (QED) is 0.684. The van der Waals surface area contributed by atoms with Gasteiger partial charge in [0, 0.05) is 5.69 Å². The smallest absolute Gasteiger partial charge is 0.338 e. The van der Waals surface area contributed by atoms with Crippen LogP contribution in [0, 0.1) is 20.8 Å². The molecule has 3 nitrogen and oxygen atoms in total. The van der Waals surface area contributed by atoms with Crippen LogP contribution in [0.25, 0.3) is 0 Å². The van der Waals surface area contributed by atoms with E-state index in [-0.39, 0.29) is 12.6 Å². The van der Waals surface area contributed by atoms with E-state index in [2.05, 4.69) is 0 Å². The van der Waals surface area contributed by atoms with E-state index in [9.17, 15) is 4.79 Å². The first-order valence-electron chi connectivity index (χ1n) is 6.56. The lowest BCUT2D eigenvalue weighted by Crippen LogP contribution is -2.07. The minimum Gasteiger partial charge on any atom is -0.457 e. The SMILES string of the molecule is Cc1cc(N)cc(C(=O)OCc2cc(C)ccc2C)c1. The Labute approximate surface area is 119 Å². The van der Waals surface area contributed by atoms with Gasteiger partial charge in [0.1, 0.15) is 6.61 Å². The van der Waals surface area contributed by atoms with Gasteiger partial charge in [0.25, 0.3) is 0 Å². The molecular weight excluding hydrogens is 250 g/mol. The van der Waals surface area contributed by atoms with E-state index >= 15 is 0 Å². The zero-order valence-electron chi connectivity index (χ0n) is 12.1. The molecule has 0 atom stereocenters. The van der Waals surface area contributed by atoms with Gasteiger partial charge in [-0.1, -0.05) is 23.8 Å². The number of anilines is 1. The molecule has 0 unspecified atom stereocenters. The first-order chi connectivity index (χ1) is 9.45. The summed E-state index contributed by atoms with van der Waals surface area (Å²) in [5.74, 6) is -0.346. The molecule has 0 radical (unpaired) electrons. The number of benzene rings is 2. The fraction of sp³-hybridized carbons (Fsp3) is 0.235. The van der Waals surface area contributed by atoms with Crippen LogP contribution in [0.15, 0.2) is 36.4 Å². The number of nitrogen functional groups attached to an aromatic ring is 1. The second-order valence-corrected chi connectivity index (χ2v) is 5.14. The van der Waals surface area contributed by atoms with Crippen LogP contribution in [-0.4, -0.2) is 5.97 Å². The van der Waals surface area contributed by atoms with Crippen LogP contribution in [0.4, 0.5) is 5.69 Å². The Bertz CT molecular complexity index is 627. The summed E-state index contributed by atoms with van der Waals surface area (Å²) in [7, 11) is 0. The van der Waals surface area contributed by atoms with Crippen LogP contribution >= 0.6 is 0 Å². The minimum atomic E-state index is -0.346. The summed E-state index contributed by atoms with van der Waals surface area (Å²) in [6.45, 7) is 6.21. The lowest BCUT2D eigenvalue weighted by Gasteiger charge is -2.09. The zero-order valence-corrected chi connectivity index (χ0v) is 12.1. The van der Waals surface area contributed by atoms with E-state index < -0.39 is 0 Å². The number of ether oxygens (including phenoxy) is 1. The normalized spacial score (nSPS) is 10.3. The summed E-state index contributed by atoms with van der Waals surface area (Å²) in [4.78, 5) is 12.0. The van der Waals surface area contributed by atoms with Crippen LogP contribution < -0.4 is 5.73 Å². The fourth-order valence-electron chi connectivity index (χ4n) is 2.11. The molecule has 2 aromatic rings. The maximum Gasteiger partial charge on any atom is 0.338 e. The van der Waals surface area contributed by atoms with Gasteiger partial charge in [-0.05, 0) is 55.7 Å². The predicted octanol–water partition coefficient (Wildman–Crippen LogP) is 3.55. The molecule has 0 aliphatic rings. The molecule has 0 saturated heterocycles. The molecule has 2 rings (SSSR count). The van der Waals surface area contributed by atoms with Crippen LogP contribution in [0.2, 0.25) is 0 Å². The minimum absolute atomic E-state index is 0.278. The van der Waals surface area contributed by atoms with Gasteiger partial charge in [-0.15, -0.1) is 0 Å². The van der Waals surface area contributed by atoms with Gasteiger partial charge < -0.3 is 10.5 Å². The number of hydrogen-bond acceptors (Lipinski definition) is 3. The number of nitrogens with two attached hydrogens (primary N) is 1. The summed E-state index contributed by atoms with van der Waals surface area (Å²) in [5, 5.41) is 0. The summed E-state index contributed by atoms with van der Waals surface area (Å²) in [6.07, 6.45) is 0. The standard InChI is InChI=1S/C17H19NO2/c1-11-4-5-13(3)15(6-11)10-20-17(19)14-7-12(2)8-16(18)9-14/h4-9H,10,18H2,1-3H3. The van der Waals surface area contributed by atoms with Gasteiger partial charge in [-0.25, -0.2) is 4.79 Å². The van der Waals surface area contributed by atoms with E-state index in [0.29, 0.717) is 11.3 Å². The summed E-state index contributed by atoms with van der Waals surface area (Å²) >= 11 is 0. The molecule has 2 aromatic carbocycles. The molecule has 0 aromatic heterocycles. The van der Waals surface area contributed by atoms with E-state index in [0.717, 1.165) is 22.3 Å². The molecule has 0 heterocycles. The van der Waals surface area contributed by atoms with Crippen molar-refractivity contribution in [3.8, 4) is 0 Å². The summed E-state index contributed by atoms with van der Waals surface area (Å²) in [5.41, 5.74) is 11.1. The van der Waals surface area contributed by atoms with Gasteiger partial charge in [0.2, 0.25) is 0 Å². The third-order valence-corrected chi connectivity index (χ3v) is 3.20. The number of hydrogen-bond donors (Lipinski definition) is 1. The number of esters is 1. The number of aryl methyl sites for hydroxylation is 3. The van der Waals surface area contributed by atoms with Crippen molar-refractivity contribution in [2.45, 2.75) is 27.4 Å². The predicted molar refractivity (Wildman–Crippen MR) is 80.6 cm³/mol. The van der Waals surface area contributed by atoms with Crippen LogP contribution in [0.1, 0.15) is 32.6 Å². The lowest BCUT2D eigenvalue weighted by atomic mass is 10.1. The van der Waals surface area contributed by atoms with Crippen molar-refractivity contribution in [1.82, 2.24) is 0 Å². The van der Waals surface area contributed by atoms with Crippen LogP contribution in [-0.2, 0) is 11.3 Å². The first-order valence-corrected chi connectivity index (χ1v) is 6.56. The average Bonchev–Trinajstić information content (AvgIpc) is 2.38. The molecule has 0 spiro atoms. The Morgan fingerprint density at radius 1 is 1.05 bits per heavy atom. The highest BCUT2D eigenvalue weighted by Crippen LogP contribution is 2.15. The highest BCUT2D eigenvalue weighted by Gasteiger charge is 2.09. The summed E-state index contributed by atoms with van der Waals surface area (Å²) < 4.78 is 5.37. The Morgan fingerprint density at radius 2 is 1.80 bits per heavy atom. The second-order valence-electron chi connectivity index (χ2n) is 5.14. The van der Waals surface area contributed by atoms with E-state index in [1.54, 1.807) is 12.1 Å². The average molecular weight is 269 g/mol. The van der Waals surface area contributed by atoms with Crippen molar-refractivity contribution in [3.63, 3.8) is 0 Å². The highest BCUT2D eigenvalue weighted by atomic mass is 16.5. The first kappa shape index (κ1) is 14.1. The second kappa shape index (κ2) is 5.78. The van der Waals surface area contributed by atoms with Crippen LogP contribution in [0.3, 0.4) is 0 Å². The monoisotopic (exact) mass is 269 g/mol. The highest BCUT2D eigenvalue weighted by molar-refractivity contribution is 5.90. The molecule has 0 saturated carbocycles. The molecule has 0 aliphatic carbocycles. The maximum absolute atomic E-state index is 12.0. The summed E-state index contributed by atoms with van der Waals surface area (Å²) in [6, 6.07) is 11.3. The number of carbonyl (C=O) groups excluding carboxylic acids is 1. The Morgan fingerprint density at radius 3 is 2.50 bits per heavy atom. The Hall–Kier alpha value is -2.29. The number of rotatable bonds is 3. The van der Waals surface area contributed by atoms with Gasteiger partial charge in [-0.2, -0.15) is 0 Å². The molecule has 3 heteroatoms. The van der Waals surface area contributed by atoms with E-state index in [4.69, 9.17) is 10.5 Å². The van der Waals surface area contributed by atoms with Gasteiger partial charge in [0.15, 0.2) is 0 Å². The van der Waals surface area contributed by atoms with E-state index in [1.165, 1.54) is 0 Å². The zero-order chi connectivity index (χ0) is 14.7. The molecule has 104 valence electrons. The molecular formula is C17H19NO2. The van der Waals surface area contributed by atoms with E-state index in [1.807, 2.05) is 45.0 Å². The molecule has 0 aliphatic heterocycles. The lowest BCUT2D eigenvalue weighted by molar-refractivity contribution is 0.0472. The maximum atomic E-state index is 12.0. The van der Waals surface area contributed by atoms with Gasteiger partial charge in [0.05, 0.1) is 5.56 Å². The molecule has 20 heavy (non-hydrogen) atoms. The fourth-order valence-corrected chi connectivity index (χ4v) is 2.11. The van der Waals surface area contributed by atoms with Crippen LogP contribution in [0.5, 0.6) is 0 Å². The molecule has 2 N–H and O–H groups in total. The molecule has 0 fully saturated rings. The third kappa shape index (κ3) is 3.38. The van der Waals surface area contributed by atoms with Gasteiger partial charge in [-0.3, -0.25) is 0 Å². The Balaban J connectivity index is 2.10. The van der Waals surface area contributed by atoms with Crippen molar-refractivity contribution >= 4 is 11.7 Å². The van der Waals surface area contributed by atoms with Crippen molar-refractivity contribution in [3.05, 3.63) is 64.2 Å². The van der Waals surface area contributed by atoms with Crippen molar-refractivity contribution in [1.29, 1.82) is 0 Å². The third-order valence-electron chi connectivity index (χ3n) is 3.20. The topological polar surface area (TPSA) is 52.3 Å². The van der Waals surface area contributed by atoms with Crippen molar-refractivity contribution < 1.29 is 9.53 Å². The number of carbonyl (C=O) groups is 1. The molecule has 0 amide bonds. The Kier molecular flexibility index (Phi) is 4.08. The largest absolute Gasteiger partial charge is 0.457 e. The van der Waals surface area contributed by atoms with Crippen molar-refractivity contribution in [2.24, 2.45) is 0 Å². The van der Waals surface area contributed by atoms with Gasteiger partial charge >= 0.3 is 5.97 Å².